The largest absolute Gasteiger partial charge is 0.390 e. The summed E-state index contributed by atoms with van der Waals surface area (Å²) in [6.07, 6.45) is -1.99. The van der Waals surface area contributed by atoms with E-state index in [2.05, 4.69) is 5.32 Å². The summed E-state index contributed by atoms with van der Waals surface area (Å²) in [7, 11) is 0. The third-order valence-corrected chi connectivity index (χ3v) is 1.98. The number of hydrogen-bond acceptors (Lipinski definition) is 4. The Kier molecular flexibility index (Phi) is 2.25. The van der Waals surface area contributed by atoms with E-state index in [0.29, 0.717) is 6.54 Å². The topological polar surface area (TPSA) is 78.5 Å². The molecule has 0 saturated carbocycles. The number of nitrogens with one attached hydrogen (secondary N) is 1. The SMILES string of the molecule is CC1CN[C@@H](N)[C@H](O)C1O. The second-order valence-corrected chi connectivity index (χ2v) is 2.89. The van der Waals surface area contributed by atoms with Crippen molar-refractivity contribution in [1.82, 2.24) is 5.32 Å². The van der Waals surface area contributed by atoms with E-state index in [1.807, 2.05) is 6.92 Å². The molecule has 1 aliphatic rings. The van der Waals surface area contributed by atoms with Crippen LogP contribution in [-0.4, -0.2) is 35.1 Å². The smallest absolute Gasteiger partial charge is 0.108 e. The number of piperidine rings is 1. The molecule has 1 saturated heterocycles. The predicted octanol–water partition coefficient (Wildman–Crippen LogP) is -1.77. The van der Waals surface area contributed by atoms with Gasteiger partial charge in [0, 0.05) is 6.54 Å². The molecule has 0 radical (unpaired) electrons. The molecule has 5 N–H and O–H groups in total. The Labute approximate surface area is 60.0 Å². The molecule has 0 aromatic heterocycles. The zero-order chi connectivity index (χ0) is 7.72. The lowest BCUT2D eigenvalue weighted by Gasteiger charge is -2.34. The fraction of sp³-hybridized carbons (Fsp3) is 1.00. The Balaban J connectivity index is 2.52. The fourth-order valence-electron chi connectivity index (χ4n) is 1.11. The summed E-state index contributed by atoms with van der Waals surface area (Å²) in [4.78, 5) is 0. The van der Waals surface area contributed by atoms with Gasteiger partial charge in [-0.2, -0.15) is 0 Å². The van der Waals surface area contributed by atoms with Crippen molar-refractivity contribution < 1.29 is 10.2 Å². The lowest BCUT2D eigenvalue weighted by molar-refractivity contribution is -0.0527. The van der Waals surface area contributed by atoms with Crippen LogP contribution < -0.4 is 11.1 Å². The number of rotatable bonds is 0. The van der Waals surface area contributed by atoms with Gasteiger partial charge in [-0.25, -0.2) is 0 Å². The maximum absolute atomic E-state index is 9.25. The highest BCUT2D eigenvalue weighted by Gasteiger charge is 2.32. The molecule has 0 aromatic carbocycles. The van der Waals surface area contributed by atoms with Crippen molar-refractivity contribution in [1.29, 1.82) is 0 Å². The van der Waals surface area contributed by atoms with E-state index < -0.39 is 18.4 Å². The average molecular weight is 146 g/mol. The molecule has 0 aliphatic carbocycles. The van der Waals surface area contributed by atoms with Crippen molar-refractivity contribution in [3.63, 3.8) is 0 Å². The summed E-state index contributed by atoms with van der Waals surface area (Å²) in [5, 5.41) is 21.3. The monoisotopic (exact) mass is 146 g/mol. The average Bonchev–Trinajstić information content (AvgIpc) is 1.93. The minimum atomic E-state index is -0.830. The number of aliphatic hydroxyl groups is 2. The Morgan fingerprint density at radius 2 is 2.00 bits per heavy atom. The second-order valence-electron chi connectivity index (χ2n) is 2.89. The molecule has 4 nitrogen and oxygen atoms in total. The quantitative estimate of drug-likeness (QED) is 0.326. The molecule has 60 valence electrons. The van der Waals surface area contributed by atoms with E-state index in [1.54, 1.807) is 0 Å². The molecule has 0 spiro atoms. The van der Waals surface area contributed by atoms with Crippen LogP contribution in [0, 0.1) is 5.92 Å². The zero-order valence-corrected chi connectivity index (χ0v) is 5.99. The molecular formula is C6H14N2O2. The van der Waals surface area contributed by atoms with Crippen molar-refractivity contribution >= 4 is 0 Å². The van der Waals surface area contributed by atoms with Gasteiger partial charge in [0.2, 0.25) is 0 Å². The summed E-state index contributed by atoms with van der Waals surface area (Å²) in [5.41, 5.74) is 5.41. The maximum atomic E-state index is 9.25. The molecule has 4 atom stereocenters. The van der Waals surface area contributed by atoms with Gasteiger partial charge in [0.05, 0.1) is 12.3 Å². The van der Waals surface area contributed by atoms with Gasteiger partial charge >= 0.3 is 0 Å². The highest BCUT2D eigenvalue weighted by Crippen LogP contribution is 2.12. The molecule has 1 rings (SSSR count). The van der Waals surface area contributed by atoms with Crippen LogP contribution in [0.1, 0.15) is 6.92 Å². The Morgan fingerprint density at radius 1 is 1.40 bits per heavy atom. The van der Waals surface area contributed by atoms with Gasteiger partial charge in [0.1, 0.15) is 6.10 Å². The first kappa shape index (κ1) is 7.94. The van der Waals surface area contributed by atoms with Gasteiger partial charge in [-0.1, -0.05) is 6.92 Å². The first-order valence-electron chi connectivity index (χ1n) is 3.48. The predicted molar refractivity (Wildman–Crippen MR) is 37.2 cm³/mol. The Bertz CT molecular complexity index is 106. The van der Waals surface area contributed by atoms with Crippen LogP contribution in [0.4, 0.5) is 0 Å². The minimum absolute atomic E-state index is 0.0785. The summed E-state index contributed by atoms with van der Waals surface area (Å²) < 4.78 is 0. The highest BCUT2D eigenvalue weighted by molar-refractivity contribution is 4.86. The van der Waals surface area contributed by atoms with E-state index in [9.17, 15) is 10.2 Å². The number of aliphatic hydroxyl groups excluding tert-OH is 2. The van der Waals surface area contributed by atoms with E-state index in [0.717, 1.165) is 0 Å². The lowest BCUT2D eigenvalue weighted by Crippen LogP contribution is -2.60. The van der Waals surface area contributed by atoms with Crippen LogP contribution in [0.25, 0.3) is 0 Å². The van der Waals surface area contributed by atoms with Crippen LogP contribution in [0.15, 0.2) is 0 Å². The van der Waals surface area contributed by atoms with Gasteiger partial charge in [0.25, 0.3) is 0 Å². The van der Waals surface area contributed by atoms with Crippen LogP contribution in [-0.2, 0) is 0 Å². The molecule has 10 heavy (non-hydrogen) atoms. The summed E-state index contributed by atoms with van der Waals surface area (Å²) in [5.74, 6) is 0.0785. The van der Waals surface area contributed by atoms with E-state index in [-0.39, 0.29) is 5.92 Å². The van der Waals surface area contributed by atoms with Crippen molar-refractivity contribution in [2.24, 2.45) is 11.7 Å². The van der Waals surface area contributed by atoms with E-state index in [4.69, 9.17) is 5.73 Å². The lowest BCUT2D eigenvalue weighted by atomic mass is 9.94. The molecule has 1 aliphatic heterocycles. The Morgan fingerprint density at radius 3 is 2.50 bits per heavy atom. The number of nitrogens with two attached hydrogens (primary N) is 1. The van der Waals surface area contributed by atoms with Crippen LogP contribution in [0.2, 0.25) is 0 Å². The van der Waals surface area contributed by atoms with Crippen molar-refractivity contribution in [2.75, 3.05) is 6.54 Å². The highest BCUT2D eigenvalue weighted by atomic mass is 16.3. The molecule has 0 amide bonds. The second kappa shape index (κ2) is 2.84. The van der Waals surface area contributed by atoms with Crippen molar-refractivity contribution in [3.05, 3.63) is 0 Å². The summed E-state index contributed by atoms with van der Waals surface area (Å²) in [6.45, 7) is 2.53. The van der Waals surface area contributed by atoms with Crippen LogP contribution in [0.5, 0.6) is 0 Å². The van der Waals surface area contributed by atoms with Crippen molar-refractivity contribution in [3.8, 4) is 0 Å². The van der Waals surface area contributed by atoms with Crippen molar-refractivity contribution in [2.45, 2.75) is 25.3 Å². The maximum Gasteiger partial charge on any atom is 0.108 e. The molecule has 1 fully saturated rings. The first-order valence-corrected chi connectivity index (χ1v) is 3.48. The number of hydrogen-bond donors (Lipinski definition) is 4. The fourth-order valence-corrected chi connectivity index (χ4v) is 1.11. The normalized spacial score (nSPS) is 49.2. The molecule has 0 bridgehead atoms. The Hall–Kier alpha value is -0.160. The third kappa shape index (κ3) is 1.29. The van der Waals surface area contributed by atoms with Gasteiger partial charge < -0.3 is 15.9 Å². The minimum Gasteiger partial charge on any atom is -0.390 e. The molecular weight excluding hydrogens is 132 g/mol. The van der Waals surface area contributed by atoms with Gasteiger partial charge in [0.15, 0.2) is 0 Å². The van der Waals surface area contributed by atoms with Gasteiger partial charge in [-0.3, -0.25) is 5.32 Å². The summed E-state index contributed by atoms with van der Waals surface area (Å²) >= 11 is 0. The molecule has 2 unspecified atom stereocenters. The van der Waals surface area contributed by atoms with Gasteiger partial charge in [-0.15, -0.1) is 0 Å². The molecule has 1 heterocycles. The van der Waals surface area contributed by atoms with E-state index >= 15 is 0 Å². The molecule has 4 heteroatoms. The van der Waals surface area contributed by atoms with Crippen LogP contribution >= 0.6 is 0 Å². The standard InChI is InChI=1S/C6H14N2O2/c1-3-2-8-6(7)5(10)4(3)9/h3-6,8-10H,2,7H2,1H3/t3?,4?,5-,6-/m1/s1. The third-order valence-electron chi connectivity index (χ3n) is 1.98. The van der Waals surface area contributed by atoms with Gasteiger partial charge in [-0.05, 0) is 5.92 Å². The zero-order valence-electron chi connectivity index (χ0n) is 5.99. The van der Waals surface area contributed by atoms with Crippen LogP contribution in [0.3, 0.4) is 0 Å². The first-order chi connectivity index (χ1) is 4.63. The summed E-state index contributed by atoms with van der Waals surface area (Å²) in [6, 6.07) is 0. The molecule has 0 aromatic rings. The van der Waals surface area contributed by atoms with E-state index in [1.165, 1.54) is 0 Å².